The van der Waals surface area contributed by atoms with E-state index in [-0.39, 0.29) is 40.9 Å². The molecule has 0 saturated heterocycles. The molecule has 2 bridgehead atoms. The van der Waals surface area contributed by atoms with Gasteiger partial charge in [0.05, 0.1) is 35.1 Å². The minimum Gasteiger partial charge on any atom is -0.453 e. The number of nitrogens with zero attached hydrogens (tertiary/aromatic N) is 2. The third-order valence-electron chi connectivity index (χ3n) is 7.41. The molecule has 5 rings (SSSR count). The minimum absolute atomic E-state index is 0.197. The Labute approximate surface area is 239 Å². The van der Waals surface area contributed by atoms with Crippen molar-refractivity contribution in [2.24, 2.45) is 5.92 Å². The number of carbonyl (C=O) groups is 3. The Morgan fingerprint density at radius 1 is 1.20 bits per heavy atom. The van der Waals surface area contributed by atoms with Crippen LogP contribution in [0.3, 0.4) is 0 Å². The summed E-state index contributed by atoms with van der Waals surface area (Å²) < 4.78 is 33.8. The van der Waals surface area contributed by atoms with E-state index >= 15 is 0 Å². The molecule has 0 aliphatic carbocycles. The molecule has 3 aromatic rings. The van der Waals surface area contributed by atoms with Gasteiger partial charge in [-0.25, -0.2) is 18.6 Å². The molecule has 2 aliphatic heterocycles. The first-order valence-electron chi connectivity index (χ1n) is 13.2. The zero-order valence-electron chi connectivity index (χ0n) is 22.4. The van der Waals surface area contributed by atoms with Crippen LogP contribution in [0.25, 0.3) is 17.0 Å². The molecule has 214 valence electrons. The Balaban J connectivity index is 1.49. The first-order valence-corrected chi connectivity index (χ1v) is 13.5. The summed E-state index contributed by atoms with van der Waals surface area (Å²) in [5.74, 6) is -2.13. The number of hydrogen-bond acceptors (Lipinski definition) is 5. The predicted octanol–water partition coefficient (Wildman–Crippen LogP) is 6.30. The van der Waals surface area contributed by atoms with Crippen LogP contribution in [-0.4, -0.2) is 46.4 Å². The van der Waals surface area contributed by atoms with Gasteiger partial charge in [-0.1, -0.05) is 24.9 Å². The van der Waals surface area contributed by atoms with Gasteiger partial charge < -0.3 is 19.9 Å². The highest BCUT2D eigenvalue weighted by atomic mass is 35.5. The number of H-pyrrole nitrogens is 1. The van der Waals surface area contributed by atoms with Gasteiger partial charge in [-0.2, -0.15) is 0 Å². The van der Waals surface area contributed by atoms with E-state index in [9.17, 15) is 23.2 Å². The Morgan fingerprint density at radius 3 is 2.76 bits per heavy atom. The van der Waals surface area contributed by atoms with Gasteiger partial charge in [-0.15, -0.1) is 0 Å². The smallest absolute Gasteiger partial charge is 0.411 e. The third-order valence-corrected chi connectivity index (χ3v) is 7.70. The number of imidazole rings is 1. The van der Waals surface area contributed by atoms with Gasteiger partial charge in [0.2, 0.25) is 11.8 Å². The summed E-state index contributed by atoms with van der Waals surface area (Å²) in [6.07, 6.45) is 4.26. The molecule has 0 fully saturated rings. The second kappa shape index (κ2) is 11.7. The number of amides is 3. The molecule has 3 heterocycles. The van der Waals surface area contributed by atoms with E-state index in [1.54, 1.807) is 29.3 Å². The van der Waals surface area contributed by atoms with Crippen molar-refractivity contribution in [3.8, 4) is 11.4 Å². The normalized spacial score (nSPS) is 19.3. The summed E-state index contributed by atoms with van der Waals surface area (Å²) in [5, 5.41) is 5.31. The monoisotopic (exact) mass is 583 g/mol. The summed E-state index contributed by atoms with van der Waals surface area (Å²) in [5.41, 5.74) is 2.03. The number of methoxy groups -OCH3 is 1. The predicted molar refractivity (Wildman–Crippen MR) is 150 cm³/mol. The van der Waals surface area contributed by atoms with E-state index in [4.69, 9.17) is 16.6 Å². The first-order chi connectivity index (χ1) is 19.7. The molecule has 2 aromatic carbocycles. The van der Waals surface area contributed by atoms with Crippen LogP contribution in [-0.2, 0) is 14.3 Å². The standard InChI is InChI=1S/C29H28ClF2N5O4/c1-15-4-3-5-23(37-11-10-16(12-24(37)38)25-20(31)9-8-19(30)26(25)32)22-14-33-27(35-22)18-7-6-17(34-29(40)41-2)13-21(18)36-28(15)39/h6-9,12-15,23H,3-5,10-11H2,1-2H3,(H,33,35)(H,34,40)(H,36,39)/t15-,23+/m1/s1. The number of aromatic nitrogens is 2. The van der Waals surface area contributed by atoms with Crippen LogP contribution in [0.5, 0.6) is 0 Å². The van der Waals surface area contributed by atoms with E-state index in [1.807, 2.05) is 6.92 Å². The van der Waals surface area contributed by atoms with Gasteiger partial charge in [0.15, 0.2) is 5.82 Å². The Bertz CT molecular complexity index is 1560. The zero-order chi connectivity index (χ0) is 29.3. The lowest BCUT2D eigenvalue weighted by Crippen LogP contribution is -2.37. The molecular formula is C29H28ClF2N5O4. The number of anilines is 2. The van der Waals surface area contributed by atoms with Crippen molar-refractivity contribution in [1.29, 1.82) is 0 Å². The Kier molecular flexibility index (Phi) is 8.07. The van der Waals surface area contributed by atoms with Crippen LogP contribution in [0.1, 0.15) is 49.9 Å². The van der Waals surface area contributed by atoms with Crippen LogP contribution >= 0.6 is 11.6 Å². The highest BCUT2D eigenvalue weighted by molar-refractivity contribution is 6.31. The minimum atomic E-state index is -0.891. The average molecular weight is 584 g/mol. The van der Waals surface area contributed by atoms with E-state index in [1.165, 1.54) is 13.2 Å². The number of ether oxygens (including phenoxy) is 1. The summed E-state index contributed by atoms with van der Waals surface area (Å²) in [6, 6.07) is 6.79. The molecule has 0 spiro atoms. The highest BCUT2D eigenvalue weighted by Crippen LogP contribution is 2.37. The molecule has 0 saturated carbocycles. The van der Waals surface area contributed by atoms with E-state index in [0.29, 0.717) is 47.7 Å². The Hall–Kier alpha value is -4.25. The number of benzene rings is 2. The van der Waals surface area contributed by atoms with Gasteiger partial charge in [0, 0.05) is 36.0 Å². The molecule has 2 aliphatic rings. The second-order valence-electron chi connectivity index (χ2n) is 10.1. The number of nitrogens with one attached hydrogen (secondary N) is 3. The number of rotatable bonds is 3. The van der Waals surface area contributed by atoms with Crippen molar-refractivity contribution in [2.45, 2.75) is 38.6 Å². The topological polar surface area (TPSA) is 116 Å². The van der Waals surface area contributed by atoms with E-state index in [2.05, 4.69) is 20.4 Å². The molecule has 12 heteroatoms. The van der Waals surface area contributed by atoms with E-state index in [0.717, 1.165) is 12.1 Å². The van der Waals surface area contributed by atoms with E-state index < -0.39 is 29.7 Å². The highest BCUT2D eigenvalue weighted by Gasteiger charge is 2.32. The van der Waals surface area contributed by atoms with Crippen LogP contribution in [0.15, 0.2) is 42.6 Å². The number of carbonyl (C=O) groups excluding carboxylic acids is 3. The van der Waals surface area contributed by atoms with Gasteiger partial charge in [-0.3, -0.25) is 14.9 Å². The maximum absolute atomic E-state index is 14.7. The maximum atomic E-state index is 14.7. The van der Waals surface area contributed by atoms with Crippen LogP contribution < -0.4 is 10.6 Å². The van der Waals surface area contributed by atoms with Gasteiger partial charge in [-0.05, 0) is 55.2 Å². The van der Waals surface area contributed by atoms with Gasteiger partial charge >= 0.3 is 6.09 Å². The second-order valence-corrected chi connectivity index (χ2v) is 10.5. The summed E-state index contributed by atoms with van der Waals surface area (Å²) in [7, 11) is 1.25. The largest absolute Gasteiger partial charge is 0.453 e. The van der Waals surface area contributed by atoms with Crippen molar-refractivity contribution in [3.05, 3.63) is 70.5 Å². The lowest BCUT2D eigenvalue weighted by Gasteiger charge is -2.34. The molecule has 41 heavy (non-hydrogen) atoms. The SMILES string of the molecule is COC(=O)Nc1ccc2c(c1)NC(=O)[C@H](C)CCC[C@H](N1CCC(c3c(F)ccc(Cl)c3F)=CC1=O)c1c[nH]c-2n1. The number of aromatic amines is 1. The molecule has 3 N–H and O–H groups in total. The van der Waals surface area contributed by atoms with Crippen LogP contribution in [0.4, 0.5) is 25.0 Å². The van der Waals surface area contributed by atoms with Gasteiger partial charge in [0.1, 0.15) is 11.6 Å². The quantitative estimate of drug-likeness (QED) is 0.313. The number of fused-ring (bicyclic) bond motifs is 4. The summed E-state index contributed by atoms with van der Waals surface area (Å²) >= 11 is 5.87. The van der Waals surface area contributed by atoms with Gasteiger partial charge in [0.25, 0.3) is 0 Å². The zero-order valence-corrected chi connectivity index (χ0v) is 23.1. The molecule has 1 aromatic heterocycles. The summed E-state index contributed by atoms with van der Waals surface area (Å²) in [4.78, 5) is 47.7. The number of halogens is 3. The third kappa shape index (κ3) is 5.81. The fourth-order valence-electron chi connectivity index (χ4n) is 5.20. The first kappa shape index (κ1) is 28.3. The molecule has 9 nitrogen and oxygen atoms in total. The van der Waals surface area contributed by atoms with Crippen molar-refractivity contribution >= 4 is 46.5 Å². The molecular weight excluding hydrogens is 556 g/mol. The maximum Gasteiger partial charge on any atom is 0.411 e. The lowest BCUT2D eigenvalue weighted by atomic mass is 9.94. The summed E-state index contributed by atoms with van der Waals surface area (Å²) in [6.45, 7) is 2.04. The van der Waals surface area contributed by atoms with Crippen LogP contribution in [0, 0.1) is 17.6 Å². The van der Waals surface area contributed by atoms with Crippen LogP contribution in [0.2, 0.25) is 5.02 Å². The lowest BCUT2D eigenvalue weighted by molar-refractivity contribution is -0.129. The fourth-order valence-corrected chi connectivity index (χ4v) is 5.35. The number of hydrogen-bond donors (Lipinski definition) is 3. The van der Waals surface area contributed by atoms with Crippen molar-refractivity contribution in [2.75, 3.05) is 24.3 Å². The fraction of sp³-hybridized carbons (Fsp3) is 0.310. The molecule has 0 radical (unpaired) electrons. The molecule has 3 amide bonds. The van der Waals surface area contributed by atoms with Crippen molar-refractivity contribution in [1.82, 2.24) is 14.9 Å². The van der Waals surface area contributed by atoms with Crippen molar-refractivity contribution < 1.29 is 27.9 Å². The molecule has 0 unspecified atom stereocenters. The molecule has 2 atom stereocenters. The average Bonchev–Trinajstić information content (AvgIpc) is 3.43. The Morgan fingerprint density at radius 2 is 2.00 bits per heavy atom. The van der Waals surface area contributed by atoms with Crippen molar-refractivity contribution in [3.63, 3.8) is 0 Å².